The number of rotatable bonds is 5. The predicted molar refractivity (Wildman–Crippen MR) is 79.8 cm³/mol. The van der Waals surface area contributed by atoms with E-state index in [0.717, 1.165) is 18.8 Å². The lowest BCUT2D eigenvalue weighted by atomic mass is 9.95. The highest BCUT2D eigenvalue weighted by Gasteiger charge is 2.11. The Hall–Kier alpha value is -0.440. The van der Waals surface area contributed by atoms with Crippen molar-refractivity contribution in [1.29, 1.82) is 0 Å². The minimum atomic E-state index is 0.599. The molecule has 0 bridgehead atoms. The summed E-state index contributed by atoms with van der Waals surface area (Å²) in [6.45, 7) is 1.90. The van der Waals surface area contributed by atoms with Gasteiger partial charge in [0.05, 0.1) is 10.0 Å². The fourth-order valence-electron chi connectivity index (χ4n) is 2.40. The summed E-state index contributed by atoms with van der Waals surface area (Å²) in [6.07, 6.45) is 6.80. The molecule has 0 heterocycles. The van der Waals surface area contributed by atoms with Crippen LogP contribution in [0.4, 0.5) is 5.69 Å². The molecule has 2 N–H and O–H groups in total. The van der Waals surface area contributed by atoms with Crippen LogP contribution in [0.2, 0.25) is 10.0 Å². The van der Waals surface area contributed by atoms with E-state index in [1.807, 2.05) is 18.2 Å². The number of benzene rings is 1. The quantitative estimate of drug-likeness (QED) is 0.788. The fourth-order valence-corrected chi connectivity index (χ4v) is 2.69. The van der Waals surface area contributed by atoms with E-state index in [-0.39, 0.29) is 0 Å². The van der Waals surface area contributed by atoms with Crippen LogP contribution in [-0.4, -0.2) is 19.1 Å². The third-order valence-electron chi connectivity index (χ3n) is 3.41. The summed E-state index contributed by atoms with van der Waals surface area (Å²) >= 11 is 11.8. The molecule has 1 aromatic rings. The summed E-state index contributed by atoms with van der Waals surface area (Å²) in [7, 11) is 0. The van der Waals surface area contributed by atoms with Crippen molar-refractivity contribution in [2.24, 2.45) is 0 Å². The predicted octanol–water partition coefficient (Wildman–Crippen LogP) is 4.33. The highest BCUT2D eigenvalue weighted by molar-refractivity contribution is 6.42. The van der Waals surface area contributed by atoms with Gasteiger partial charge in [-0.2, -0.15) is 0 Å². The highest BCUT2D eigenvalue weighted by atomic mass is 35.5. The van der Waals surface area contributed by atoms with Crippen LogP contribution in [0.3, 0.4) is 0 Å². The molecular formula is C14H20Cl2N2. The molecular weight excluding hydrogens is 267 g/mol. The Balaban J connectivity index is 1.66. The first kappa shape index (κ1) is 14.0. The zero-order valence-corrected chi connectivity index (χ0v) is 12.0. The van der Waals surface area contributed by atoms with Crippen molar-refractivity contribution < 1.29 is 0 Å². The number of hydrogen-bond acceptors (Lipinski definition) is 2. The number of hydrogen-bond donors (Lipinski definition) is 2. The maximum absolute atomic E-state index is 5.96. The maximum atomic E-state index is 5.96. The third-order valence-corrected chi connectivity index (χ3v) is 4.15. The molecule has 100 valence electrons. The van der Waals surface area contributed by atoms with Crippen LogP contribution in [0.5, 0.6) is 0 Å². The molecule has 0 atom stereocenters. The summed E-state index contributed by atoms with van der Waals surface area (Å²) in [6, 6.07) is 6.36. The SMILES string of the molecule is Clc1ccc(NCCNC2CCCCC2)cc1Cl. The lowest BCUT2D eigenvalue weighted by molar-refractivity contribution is 0.378. The van der Waals surface area contributed by atoms with Gasteiger partial charge in [0.1, 0.15) is 0 Å². The Morgan fingerprint density at radius 2 is 1.78 bits per heavy atom. The Bertz CT molecular complexity index is 376. The van der Waals surface area contributed by atoms with E-state index < -0.39 is 0 Å². The van der Waals surface area contributed by atoms with Crippen molar-refractivity contribution in [2.75, 3.05) is 18.4 Å². The van der Waals surface area contributed by atoms with Gasteiger partial charge >= 0.3 is 0 Å². The Labute approximate surface area is 119 Å². The van der Waals surface area contributed by atoms with Gasteiger partial charge in [0.25, 0.3) is 0 Å². The van der Waals surface area contributed by atoms with Gasteiger partial charge in [-0.15, -0.1) is 0 Å². The van der Waals surface area contributed by atoms with Gasteiger partial charge in [-0.25, -0.2) is 0 Å². The van der Waals surface area contributed by atoms with Crippen molar-refractivity contribution >= 4 is 28.9 Å². The van der Waals surface area contributed by atoms with Crippen molar-refractivity contribution in [3.63, 3.8) is 0 Å². The van der Waals surface area contributed by atoms with Crippen LogP contribution in [-0.2, 0) is 0 Å². The first-order valence-corrected chi connectivity index (χ1v) is 7.43. The second-order valence-electron chi connectivity index (χ2n) is 4.84. The normalized spacial score (nSPS) is 16.8. The molecule has 0 amide bonds. The molecule has 4 heteroatoms. The lowest BCUT2D eigenvalue weighted by Gasteiger charge is -2.23. The fraction of sp³-hybridized carbons (Fsp3) is 0.571. The van der Waals surface area contributed by atoms with E-state index in [1.165, 1.54) is 32.1 Å². The van der Waals surface area contributed by atoms with Crippen molar-refractivity contribution in [3.05, 3.63) is 28.2 Å². The van der Waals surface area contributed by atoms with E-state index in [2.05, 4.69) is 10.6 Å². The van der Waals surface area contributed by atoms with Crippen LogP contribution >= 0.6 is 23.2 Å². The van der Waals surface area contributed by atoms with Gasteiger partial charge in [0, 0.05) is 24.8 Å². The molecule has 0 unspecified atom stereocenters. The van der Waals surface area contributed by atoms with E-state index in [1.54, 1.807) is 0 Å². The van der Waals surface area contributed by atoms with Crippen molar-refractivity contribution in [3.8, 4) is 0 Å². The molecule has 1 saturated carbocycles. The van der Waals surface area contributed by atoms with Gasteiger partial charge in [0.15, 0.2) is 0 Å². The van der Waals surface area contributed by atoms with E-state index in [4.69, 9.17) is 23.2 Å². The molecule has 0 radical (unpaired) electrons. The van der Waals surface area contributed by atoms with Gasteiger partial charge in [0.2, 0.25) is 0 Å². The molecule has 1 aliphatic carbocycles. The average Bonchev–Trinajstić information content (AvgIpc) is 2.40. The first-order valence-electron chi connectivity index (χ1n) is 6.68. The molecule has 0 aliphatic heterocycles. The van der Waals surface area contributed by atoms with Gasteiger partial charge in [-0.05, 0) is 31.0 Å². The molecule has 1 fully saturated rings. The van der Waals surface area contributed by atoms with Gasteiger partial charge < -0.3 is 10.6 Å². The molecule has 0 saturated heterocycles. The third kappa shape index (κ3) is 4.34. The topological polar surface area (TPSA) is 24.1 Å². The van der Waals surface area contributed by atoms with Crippen LogP contribution in [0.15, 0.2) is 18.2 Å². The van der Waals surface area contributed by atoms with E-state index in [0.29, 0.717) is 16.1 Å². The largest absolute Gasteiger partial charge is 0.384 e. The van der Waals surface area contributed by atoms with E-state index in [9.17, 15) is 0 Å². The zero-order valence-electron chi connectivity index (χ0n) is 10.5. The van der Waals surface area contributed by atoms with Crippen LogP contribution in [0.25, 0.3) is 0 Å². The molecule has 2 nitrogen and oxygen atoms in total. The standard InChI is InChI=1S/C14H20Cl2N2/c15-13-7-6-12(10-14(13)16)18-9-8-17-11-4-2-1-3-5-11/h6-7,10-11,17-18H,1-5,8-9H2. The number of anilines is 1. The smallest absolute Gasteiger partial charge is 0.0612 e. The summed E-state index contributed by atoms with van der Waals surface area (Å²) in [5.74, 6) is 0. The second-order valence-corrected chi connectivity index (χ2v) is 5.66. The summed E-state index contributed by atoms with van der Waals surface area (Å²) in [5.41, 5.74) is 1.02. The average molecular weight is 287 g/mol. The minimum absolute atomic E-state index is 0.599. The van der Waals surface area contributed by atoms with Gasteiger partial charge in [-0.1, -0.05) is 42.5 Å². The minimum Gasteiger partial charge on any atom is -0.384 e. The Morgan fingerprint density at radius 3 is 2.50 bits per heavy atom. The summed E-state index contributed by atoms with van der Waals surface area (Å²) in [4.78, 5) is 0. The number of halogens is 2. The molecule has 0 spiro atoms. The van der Waals surface area contributed by atoms with Gasteiger partial charge in [-0.3, -0.25) is 0 Å². The highest BCUT2D eigenvalue weighted by Crippen LogP contribution is 2.24. The Kier molecular flexibility index (Phi) is 5.61. The molecule has 1 aromatic carbocycles. The lowest BCUT2D eigenvalue weighted by Crippen LogP contribution is -2.34. The zero-order chi connectivity index (χ0) is 12.8. The second kappa shape index (κ2) is 7.22. The summed E-state index contributed by atoms with van der Waals surface area (Å²) in [5, 5.41) is 8.14. The van der Waals surface area contributed by atoms with Crippen molar-refractivity contribution in [2.45, 2.75) is 38.1 Å². The molecule has 0 aromatic heterocycles. The molecule has 2 rings (SSSR count). The summed E-state index contributed by atoms with van der Waals surface area (Å²) < 4.78 is 0. The molecule has 1 aliphatic rings. The first-order chi connectivity index (χ1) is 8.75. The van der Waals surface area contributed by atoms with Crippen LogP contribution in [0, 0.1) is 0 Å². The number of nitrogens with one attached hydrogen (secondary N) is 2. The van der Waals surface area contributed by atoms with Crippen molar-refractivity contribution in [1.82, 2.24) is 5.32 Å². The monoisotopic (exact) mass is 286 g/mol. The van der Waals surface area contributed by atoms with E-state index >= 15 is 0 Å². The Morgan fingerprint density at radius 1 is 1.00 bits per heavy atom. The van der Waals surface area contributed by atoms with Crippen LogP contribution in [0.1, 0.15) is 32.1 Å². The van der Waals surface area contributed by atoms with Crippen LogP contribution < -0.4 is 10.6 Å². The maximum Gasteiger partial charge on any atom is 0.0612 e. The molecule has 18 heavy (non-hydrogen) atoms.